The third-order valence-electron chi connectivity index (χ3n) is 4.20. The Bertz CT molecular complexity index is 420. The van der Waals surface area contributed by atoms with E-state index in [9.17, 15) is 0 Å². The number of nitrogens with zero attached hydrogens (tertiary/aromatic N) is 1. The minimum Gasteiger partial charge on any atom is -0.308 e. The van der Waals surface area contributed by atoms with Gasteiger partial charge in [0.1, 0.15) is 0 Å². The van der Waals surface area contributed by atoms with Gasteiger partial charge in [-0.05, 0) is 50.2 Å². The Labute approximate surface area is 130 Å². The van der Waals surface area contributed by atoms with Crippen LogP contribution in [-0.4, -0.2) is 23.5 Å². The summed E-state index contributed by atoms with van der Waals surface area (Å²) in [6.45, 7) is 15.9. The smallest absolute Gasteiger partial charge is 0.0233 e. The van der Waals surface area contributed by atoms with E-state index < -0.39 is 0 Å². The molecule has 1 aromatic carbocycles. The molecule has 1 aliphatic rings. The minimum atomic E-state index is 0.179. The van der Waals surface area contributed by atoms with Gasteiger partial charge in [0.25, 0.3) is 0 Å². The molecule has 0 saturated carbocycles. The topological polar surface area (TPSA) is 15.3 Å². The fourth-order valence-electron chi connectivity index (χ4n) is 3.31. The number of benzene rings is 1. The van der Waals surface area contributed by atoms with E-state index in [1.165, 1.54) is 30.6 Å². The quantitative estimate of drug-likeness (QED) is 0.899. The highest BCUT2D eigenvalue weighted by molar-refractivity contribution is 5.22. The molecule has 2 heteroatoms. The van der Waals surface area contributed by atoms with Crippen LogP contribution in [0.3, 0.4) is 0 Å². The molecule has 0 radical (unpaired) electrons. The maximum Gasteiger partial charge on any atom is 0.0233 e. The lowest BCUT2D eigenvalue weighted by molar-refractivity contribution is 0.134. The van der Waals surface area contributed by atoms with Crippen molar-refractivity contribution in [2.75, 3.05) is 13.1 Å². The molecular weight excluding hydrogens is 256 g/mol. The zero-order valence-corrected chi connectivity index (χ0v) is 14.4. The van der Waals surface area contributed by atoms with Crippen LogP contribution >= 0.6 is 0 Å². The van der Waals surface area contributed by atoms with Crippen LogP contribution in [0.25, 0.3) is 0 Å². The van der Waals surface area contributed by atoms with Crippen molar-refractivity contribution in [3.63, 3.8) is 0 Å². The molecule has 0 aromatic heterocycles. The Hall–Kier alpha value is -0.860. The second-order valence-corrected chi connectivity index (χ2v) is 8.06. The first kappa shape index (κ1) is 16.5. The SMILES string of the molecule is CC1CC(C)CN(Cc2ccc(CNC(C)(C)C)cc2)C1. The molecule has 0 amide bonds. The summed E-state index contributed by atoms with van der Waals surface area (Å²) in [5.41, 5.74) is 2.99. The molecule has 0 spiro atoms. The highest BCUT2D eigenvalue weighted by Gasteiger charge is 2.21. The van der Waals surface area contributed by atoms with Crippen molar-refractivity contribution in [3.05, 3.63) is 35.4 Å². The van der Waals surface area contributed by atoms with Gasteiger partial charge in [0.2, 0.25) is 0 Å². The number of hydrogen-bond donors (Lipinski definition) is 1. The van der Waals surface area contributed by atoms with E-state index in [-0.39, 0.29) is 5.54 Å². The average molecular weight is 288 g/mol. The van der Waals surface area contributed by atoms with Crippen LogP contribution in [-0.2, 0) is 13.1 Å². The Morgan fingerprint density at radius 2 is 1.52 bits per heavy atom. The first-order valence-corrected chi connectivity index (χ1v) is 8.37. The molecular formula is C19H32N2. The van der Waals surface area contributed by atoms with Crippen molar-refractivity contribution < 1.29 is 0 Å². The summed E-state index contributed by atoms with van der Waals surface area (Å²) in [6, 6.07) is 9.13. The van der Waals surface area contributed by atoms with Crippen LogP contribution in [0.2, 0.25) is 0 Å². The standard InChI is InChI=1S/C19H32N2/c1-15-10-16(2)13-21(12-15)14-18-8-6-17(7-9-18)11-20-19(3,4)5/h6-9,15-16,20H,10-14H2,1-5H3. The van der Waals surface area contributed by atoms with Gasteiger partial charge in [-0.25, -0.2) is 0 Å². The van der Waals surface area contributed by atoms with E-state index in [1.54, 1.807) is 0 Å². The maximum absolute atomic E-state index is 3.54. The van der Waals surface area contributed by atoms with E-state index in [0.717, 1.165) is 24.9 Å². The van der Waals surface area contributed by atoms with E-state index in [2.05, 4.69) is 69.1 Å². The van der Waals surface area contributed by atoms with E-state index in [1.807, 2.05) is 0 Å². The molecule has 2 rings (SSSR count). The summed E-state index contributed by atoms with van der Waals surface area (Å²) in [5.74, 6) is 1.67. The van der Waals surface area contributed by atoms with Gasteiger partial charge in [-0.1, -0.05) is 38.1 Å². The van der Waals surface area contributed by atoms with Gasteiger partial charge in [-0.15, -0.1) is 0 Å². The van der Waals surface area contributed by atoms with Gasteiger partial charge >= 0.3 is 0 Å². The average Bonchev–Trinajstić information content (AvgIpc) is 2.36. The van der Waals surface area contributed by atoms with E-state index >= 15 is 0 Å². The normalized spacial score (nSPS) is 24.2. The largest absolute Gasteiger partial charge is 0.308 e. The minimum absolute atomic E-state index is 0.179. The van der Waals surface area contributed by atoms with Crippen molar-refractivity contribution in [2.45, 2.75) is 59.7 Å². The van der Waals surface area contributed by atoms with Crippen LogP contribution in [0.5, 0.6) is 0 Å². The number of likely N-dealkylation sites (tertiary alicyclic amines) is 1. The van der Waals surface area contributed by atoms with Crippen LogP contribution in [0.1, 0.15) is 52.2 Å². The molecule has 1 saturated heterocycles. The zero-order chi connectivity index (χ0) is 15.5. The van der Waals surface area contributed by atoms with Crippen molar-refractivity contribution in [2.24, 2.45) is 11.8 Å². The zero-order valence-electron chi connectivity index (χ0n) is 14.4. The van der Waals surface area contributed by atoms with Gasteiger partial charge in [0.15, 0.2) is 0 Å². The Kier molecular flexibility index (Phi) is 5.45. The lowest BCUT2D eigenvalue weighted by Crippen LogP contribution is -2.38. The molecule has 0 bridgehead atoms. The molecule has 2 atom stereocenters. The summed E-state index contributed by atoms with van der Waals surface area (Å²) in [7, 11) is 0. The molecule has 2 nitrogen and oxygen atoms in total. The van der Waals surface area contributed by atoms with Crippen LogP contribution in [0.4, 0.5) is 0 Å². The molecule has 0 aliphatic carbocycles. The molecule has 1 aromatic rings. The predicted molar refractivity (Wildman–Crippen MR) is 91.3 cm³/mol. The van der Waals surface area contributed by atoms with Gasteiger partial charge in [-0.2, -0.15) is 0 Å². The Morgan fingerprint density at radius 1 is 1.00 bits per heavy atom. The van der Waals surface area contributed by atoms with Crippen molar-refractivity contribution in [3.8, 4) is 0 Å². The van der Waals surface area contributed by atoms with Crippen LogP contribution in [0, 0.1) is 11.8 Å². The molecule has 2 unspecified atom stereocenters. The van der Waals surface area contributed by atoms with Gasteiger partial charge in [0, 0.05) is 31.7 Å². The number of rotatable bonds is 4. The molecule has 1 aliphatic heterocycles. The summed E-state index contributed by atoms with van der Waals surface area (Å²) < 4.78 is 0. The first-order chi connectivity index (χ1) is 9.82. The van der Waals surface area contributed by atoms with Gasteiger partial charge in [-0.3, -0.25) is 4.90 Å². The molecule has 1 N–H and O–H groups in total. The van der Waals surface area contributed by atoms with Crippen molar-refractivity contribution >= 4 is 0 Å². The molecule has 118 valence electrons. The fourth-order valence-corrected chi connectivity index (χ4v) is 3.31. The monoisotopic (exact) mass is 288 g/mol. The predicted octanol–water partition coefficient (Wildman–Crippen LogP) is 4.05. The fraction of sp³-hybridized carbons (Fsp3) is 0.684. The Balaban J connectivity index is 1.87. The summed E-state index contributed by atoms with van der Waals surface area (Å²) >= 11 is 0. The lowest BCUT2D eigenvalue weighted by atomic mass is 9.91. The maximum atomic E-state index is 3.54. The number of nitrogens with one attached hydrogen (secondary N) is 1. The second kappa shape index (κ2) is 6.93. The molecule has 1 heterocycles. The summed E-state index contributed by atoms with van der Waals surface area (Å²) in [5, 5.41) is 3.54. The highest BCUT2D eigenvalue weighted by Crippen LogP contribution is 2.22. The summed E-state index contributed by atoms with van der Waals surface area (Å²) in [4.78, 5) is 2.61. The van der Waals surface area contributed by atoms with E-state index in [0.29, 0.717) is 0 Å². The van der Waals surface area contributed by atoms with Gasteiger partial charge < -0.3 is 5.32 Å². The number of piperidine rings is 1. The first-order valence-electron chi connectivity index (χ1n) is 8.37. The van der Waals surface area contributed by atoms with Crippen LogP contribution < -0.4 is 5.32 Å². The third kappa shape index (κ3) is 5.80. The van der Waals surface area contributed by atoms with E-state index in [4.69, 9.17) is 0 Å². The van der Waals surface area contributed by atoms with Crippen molar-refractivity contribution in [1.29, 1.82) is 0 Å². The Morgan fingerprint density at radius 3 is 2.05 bits per heavy atom. The van der Waals surface area contributed by atoms with Crippen LogP contribution in [0.15, 0.2) is 24.3 Å². The third-order valence-corrected chi connectivity index (χ3v) is 4.20. The molecule has 21 heavy (non-hydrogen) atoms. The number of hydrogen-bond acceptors (Lipinski definition) is 2. The van der Waals surface area contributed by atoms with Gasteiger partial charge in [0.05, 0.1) is 0 Å². The molecule has 1 fully saturated rings. The lowest BCUT2D eigenvalue weighted by Gasteiger charge is -2.35. The summed E-state index contributed by atoms with van der Waals surface area (Å²) in [6.07, 6.45) is 1.38. The highest BCUT2D eigenvalue weighted by atomic mass is 15.1. The van der Waals surface area contributed by atoms with Crippen molar-refractivity contribution in [1.82, 2.24) is 10.2 Å². The second-order valence-electron chi connectivity index (χ2n) is 8.06.